The number of aromatic nitrogens is 4. The van der Waals surface area contributed by atoms with E-state index in [1.54, 1.807) is 0 Å². The first-order valence-electron chi connectivity index (χ1n) is 15.4. The van der Waals surface area contributed by atoms with Crippen molar-refractivity contribution in [3.05, 3.63) is 132 Å². The van der Waals surface area contributed by atoms with Gasteiger partial charge in [-0.15, -0.1) is 0 Å². The predicted octanol–water partition coefficient (Wildman–Crippen LogP) is 9.44. The first-order chi connectivity index (χ1) is 20.7. The van der Waals surface area contributed by atoms with E-state index >= 15 is 0 Å². The molecule has 0 saturated carbocycles. The summed E-state index contributed by atoms with van der Waals surface area (Å²) in [6.07, 6.45) is 4.18. The number of imidazole rings is 1. The molecule has 0 N–H and O–H groups in total. The Hall–Kier alpha value is -4.70. The monoisotopic (exact) mass is 563 g/mol. The van der Waals surface area contributed by atoms with Crippen molar-refractivity contribution >= 4 is 32.8 Å². The van der Waals surface area contributed by atoms with Gasteiger partial charge in [0, 0.05) is 22.4 Å². The van der Waals surface area contributed by atoms with E-state index in [2.05, 4.69) is 165 Å². The summed E-state index contributed by atoms with van der Waals surface area (Å²) >= 11 is 0. The molecule has 214 valence electrons. The van der Waals surface area contributed by atoms with Gasteiger partial charge in [0.05, 0.1) is 17.1 Å². The van der Waals surface area contributed by atoms with Gasteiger partial charge in [0.2, 0.25) is 6.33 Å². The summed E-state index contributed by atoms with van der Waals surface area (Å²) in [7, 11) is 0. The standard InChI is InChI=1S/C39H39N4/c1-26(2)28-20-21-40-38(22-28)43-34-15-8-7-14-32(34)33-19-18-30(24-37(33)43)39(5,6)29-12-11-13-31(23-29)42-25-41(27(3)4)35-16-9-10-17-36(35)42/h7-27H,1-6H3/q+1. The van der Waals surface area contributed by atoms with Gasteiger partial charge in [-0.05, 0) is 85.0 Å². The molecule has 3 aromatic heterocycles. The third kappa shape index (κ3) is 4.44. The minimum atomic E-state index is -0.227. The molecule has 7 aromatic rings. The molecule has 3 heterocycles. The van der Waals surface area contributed by atoms with Crippen LogP contribution in [0.25, 0.3) is 44.3 Å². The van der Waals surface area contributed by atoms with E-state index < -0.39 is 0 Å². The molecule has 4 nitrogen and oxygen atoms in total. The SMILES string of the molecule is CC(C)c1ccnc(-n2c3ccccc3c3ccc(C(C)(C)c4cccc(-n5c[n+](C(C)C)c6ccccc65)c4)cc32)c1. The van der Waals surface area contributed by atoms with Crippen molar-refractivity contribution in [1.82, 2.24) is 14.1 Å². The number of fused-ring (bicyclic) bond motifs is 4. The van der Waals surface area contributed by atoms with Crippen LogP contribution >= 0.6 is 0 Å². The second-order valence-corrected chi connectivity index (χ2v) is 12.8. The molecule has 0 aliphatic rings. The molecule has 0 bridgehead atoms. The molecule has 0 aliphatic carbocycles. The first kappa shape index (κ1) is 27.2. The van der Waals surface area contributed by atoms with Crippen LogP contribution in [0, 0.1) is 0 Å². The van der Waals surface area contributed by atoms with Crippen LogP contribution in [0.2, 0.25) is 0 Å². The summed E-state index contributed by atoms with van der Waals surface area (Å²) in [5.74, 6) is 1.40. The summed E-state index contributed by atoms with van der Waals surface area (Å²) in [6, 6.07) is 38.1. The molecule has 7 rings (SSSR count). The van der Waals surface area contributed by atoms with E-state index in [1.807, 2.05) is 6.20 Å². The molecule has 4 aromatic carbocycles. The number of hydrogen-bond acceptors (Lipinski definition) is 1. The third-order valence-corrected chi connectivity index (χ3v) is 9.12. The van der Waals surface area contributed by atoms with Gasteiger partial charge in [0.15, 0.2) is 11.0 Å². The van der Waals surface area contributed by atoms with Crippen LogP contribution in [-0.2, 0) is 5.41 Å². The molecule has 0 fully saturated rings. The maximum absolute atomic E-state index is 4.86. The van der Waals surface area contributed by atoms with Crippen LogP contribution in [0.15, 0.2) is 116 Å². The highest BCUT2D eigenvalue weighted by Gasteiger charge is 2.27. The largest absolute Gasteiger partial charge is 0.294 e. The summed E-state index contributed by atoms with van der Waals surface area (Å²) < 4.78 is 7.01. The van der Waals surface area contributed by atoms with Gasteiger partial charge in [0.25, 0.3) is 0 Å². The second kappa shape index (κ2) is 10.2. The molecular formula is C39H39N4+. The van der Waals surface area contributed by atoms with Gasteiger partial charge in [0.1, 0.15) is 11.5 Å². The Bertz CT molecular complexity index is 2120. The number of pyridine rings is 1. The van der Waals surface area contributed by atoms with E-state index in [1.165, 1.54) is 55.2 Å². The lowest BCUT2D eigenvalue weighted by Crippen LogP contribution is -2.34. The van der Waals surface area contributed by atoms with Crippen LogP contribution in [0.3, 0.4) is 0 Å². The van der Waals surface area contributed by atoms with Gasteiger partial charge < -0.3 is 0 Å². The lowest BCUT2D eigenvalue weighted by Gasteiger charge is -2.26. The molecule has 0 radical (unpaired) electrons. The highest BCUT2D eigenvalue weighted by Crippen LogP contribution is 2.38. The Balaban J connectivity index is 1.38. The fourth-order valence-corrected chi connectivity index (χ4v) is 6.49. The van der Waals surface area contributed by atoms with Crippen LogP contribution in [0.4, 0.5) is 0 Å². The molecule has 0 saturated heterocycles. The van der Waals surface area contributed by atoms with Crippen molar-refractivity contribution in [1.29, 1.82) is 0 Å². The van der Waals surface area contributed by atoms with Crippen molar-refractivity contribution in [2.24, 2.45) is 0 Å². The van der Waals surface area contributed by atoms with Crippen LogP contribution in [-0.4, -0.2) is 14.1 Å². The molecular weight excluding hydrogens is 524 g/mol. The number of para-hydroxylation sites is 3. The summed E-state index contributed by atoms with van der Waals surface area (Å²) in [5.41, 5.74) is 9.62. The quantitative estimate of drug-likeness (QED) is 0.185. The topological polar surface area (TPSA) is 26.6 Å². The maximum Gasteiger partial charge on any atom is 0.250 e. The van der Waals surface area contributed by atoms with Crippen LogP contribution in [0.1, 0.15) is 70.2 Å². The highest BCUT2D eigenvalue weighted by molar-refractivity contribution is 6.09. The molecule has 43 heavy (non-hydrogen) atoms. The van der Waals surface area contributed by atoms with Crippen molar-refractivity contribution in [2.45, 2.75) is 58.9 Å². The minimum absolute atomic E-state index is 0.227. The van der Waals surface area contributed by atoms with Gasteiger partial charge in [-0.2, -0.15) is 4.57 Å². The summed E-state index contributed by atoms with van der Waals surface area (Å²) in [4.78, 5) is 4.86. The third-order valence-electron chi connectivity index (χ3n) is 9.12. The normalized spacial score (nSPS) is 12.4. The average Bonchev–Trinajstić information content (AvgIpc) is 3.57. The van der Waals surface area contributed by atoms with Gasteiger partial charge in [-0.25, -0.2) is 9.55 Å². The second-order valence-electron chi connectivity index (χ2n) is 12.8. The van der Waals surface area contributed by atoms with Gasteiger partial charge in [-0.3, -0.25) is 4.57 Å². The fourth-order valence-electron chi connectivity index (χ4n) is 6.49. The van der Waals surface area contributed by atoms with Crippen molar-refractivity contribution in [2.75, 3.05) is 0 Å². The van der Waals surface area contributed by atoms with Crippen molar-refractivity contribution in [3.8, 4) is 11.5 Å². The highest BCUT2D eigenvalue weighted by atomic mass is 15.1. The molecule has 0 spiro atoms. The molecule has 0 aliphatic heterocycles. The van der Waals surface area contributed by atoms with E-state index in [-0.39, 0.29) is 5.41 Å². The first-order valence-corrected chi connectivity index (χ1v) is 15.4. The van der Waals surface area contributed by atoms with E-state index in [0.717, 1.165) is 5.82 Å². The summed E-state index contributed by atoms with van der Waals surface area (Å²) in [5, 5.41) is 2.50. The average molecular weight is 564 g/mol. The zero-order chi connectivity index (χ0) is 29.9. The Morgan fingerprint density at radius 2 is 1.40 bits per heavy atom. The zero-order valence-electron chi connectivity index (χ0n) is 25.9. The number of rotatable bonds is 6. The fraction of sp³-hybridized carbons (Fsp3) is 0.231. The zero-order valence-corrected chi connectivity index (χ0v) is 25.9. The lowest BCUT2D eigenvalue weighted by atomic mass is 9.77. The Labute approximate surface area is 253 Å². The molecule has 4 heteroatoms. The Morgan fingerprint density at radius 3 is 2.19 bits per heavy atom. The molecule has 0 unspecified atom stereocenters. The van der Waals surface area contributed by atoms with E-state index in [4.69, 9.17) is 4.98 Å². The van der Waals surface area contributed by atoms with Gasteiger partial charge in [-0.1, -0.05) is 82.3 Å². The summed E-state index contributed by atoms with van der Waals surface area (Å²) in [6.45, 7) is 13.6. The van der Waals surface area contributed by atoms with E-state index in [9.17, 15) is 0 Å². The van der Waals surface area contributed by atoms with Crippen molar-refractivity contribution < 1.29 is 4.57 Å². The van der Waals surface area contributed by atoms with E-state index in [0.29, 0.717) is 12.0 Å². The Kier molecular flexibility index (Phi) is 6.46. The number of nitrogens with zero attached hydrogens (tertiary/aromatic N) is 4. The molecule has 0 amide bonds. The van der Waals surface area contributed by atoms with Crippen molar-refractivity contribution in [3.63, 3.8) is 0 Å². The maximum atomic E-state index is 4.86. The number of benzene rings is 4. The Morgan fingerprint density at radius 1 is 0.674 bits per heavy atom. The predicted molar refractivity (Wildman–Crippen MR) is 179 cm³/mol. The van der Waals surface area contributed by atoms with Crippen LogP contribution < -0.4 is 4.57 Å². The lowest BCUT2D eigenvalue weighted by molar-refractivity contribution is -0.691. The minimum Gasteiger partial charge on any atom is -0.294 e. The smallest absolute Gasteiger partial charge is 0.250 e. The van der Waals surface area contributed by atoms with Crippen LogP contribution in [0.5, 0.6) is 0 Å². The number of hydrogen-bond donors (Lipinski definition) is 0. The molecule has 0 atom stereocenters. The van der Waals surface area contributed by atoms with Gasteiger partial charge >= 0.3 is 0 Å².